The third kappa shape index (κ3) is 8.01. The summed E-state index contributed by atoms with van der Waals surface area (Å²) in [5.41, 5.74) is 3.34. The minimum absolute atomic E-state index is 0.0558. The van der Waals surface area contributed by atoms with Gasteiger partial charge in [-0.05, 0) is 68.7 Å². The summed E-state index contributed by atoms with van der Waals surface area (Å²) in [7, 11) is 1.67. The van der Waals surface area contributed by atoms with Crippen molar-refractivity contribution in [1.82, 2.24) is 20.1 Å². The van der Waals surface area contributed by atoms with Gasteiger partial charge in [0, 0.05) is 61.3 Å². The molecule has 1 saturated heterocycles. The largest absolute Gasteiger partial charge is 0.496 e. The zero-order valence-corrected chi connectivity index (χ0v) is 25.4. The van der Waals surface area contributed by atoms with Crippen LogP contribution in [-0.4, -0.2) is 78.4 Å². The number of Topliss-reactive ketones (excluding diaryl/α,β-unsaturated/α-hetero) is 1. The molecule has 1 aliphatic heterocycles. The van der Waals surface area contributed by atoms with Gasteiger partial charge >= 0.3 is 0 Å². The summed E-state index contributed by atoms with van der Waals surface area (Å²) >= 11 is 0. The third-order valence-corrected chi connectivity index (χ3v) is 9.47. The number of ketones is 1. The molecule has 3 aromatic rings. The molecule has 1 amide bonds. The van der Waals surface area contributed by atoms with Crippen LogP contribution < -0.4 is 10.1 Å². The number of nitrogens with zero attached hydrogens (tertiary/aromatic N) is 2. The number of rotatable bonds is 13. The van der Waals surface area contributed by atoms with Gasteiger partial charge in [0.15, 0.2) is 0 Å². The van der Waals surface area contributed by atoms with Crippen LogP contribution in [0.1, 0.15) is 63.0 Å². The molecule has 0 radical (unpaired) electrons. The Morgan fingerprint density at radius 1 is 0.929 bits per heavy atom. The van der Waals surface area contributed by atoms with E-state index in [9.17, 15) is 9.59 Å². The van der Waals surface area contributed by atoms with Crippen molar-refractivity contribution in [1.29, 1.82) is 0 Å². The first-order valence-corrected chi connectivity index (χ1v) is 15.9. The van der Waals surface area contributed by atoms with Crippen LogP contribution in [0.3, 0.4) is 0 Å². The Hall–Kier alpha value is -3.16. The number of fused-ring (bicyclic) bond motifs is 1. The maximum absolute atomic E-state index is 13.4. The number of aromatic nitrogens is 1. The Balaban J connectivity index is 1.22. The predicted octanol–water partition coefficient (Wildman–Crippen LogP) is 5.38. The lowest BCUT2D eigenvalue weighted by Gasteiger charge is -2.40. The van der Waals surface area contributed by atoms with Crippen LogP contribution in [0.4, 0.5) is 0 Å². The molecule has 0 bridgehead atoms. The van der Waals surface area contributed by atoms with Gasteiger partial charge in [-0.1, -0.05) is 55.7 Å². The molecule has 2 N–H and O–H groups in total. The van der Waals surface area contributed by atoms with Crippen LogP contribution in [0.15, 0.2) is 54.7 Å². The number of nitrogens with one attached hydrogen (secondary N) is 2. The molecule has 0 spiro atoms. The molecule has 2 fully saturated rings. The number of methoxy groups -OCH3 is 1. The number of carbonyl (C=O) groups excluding carboxylic acids is 2. The van der Waals surface area contributed by atoms with Crippen molar-refractivity contribution in [2.75, 3.05) is 39.8 Å². The molecule has 1 aromatic heterocycles. The molecule has 2 aliphatic rings. The maximum Gasteiger partial charge on any atom is 0.234 e. The molecule has 1 unspecified atom stereocenters. The van der Waals surface area contributed by atoms with E-state index >= 15 is 0 Å². The van der Waals surface area contributed by atoms with E-state index in [0.29, 0.717) is 19.4 Å². The molecule has 42 heavy (non-hydrogen) atoms. The normalized spacial score (nSPS) is 18.5. The lowest BCUT2D eigenvalue weighted by Crippen LogP contribution is -2.53. The molecule has 7 heteroatoms. The quantitative estimate of drug-likeness (QED) is 0.288. The van der Waals surface area contributed by atoms with Gasteiger partial charge in [0.1, 0.15) is 11.5 Å². The Bertz CT molecular complexity index is 1310. The highest BCUT2D eigenvalue weighted by molar-refractivity contribution is 5.83. The van der Waals surface area contributed by atoms with Gasteiger partial charge in [0.25, 0.3) is 0 Å². The van der Waals surface area contributed by atoms with Crippen LogP contribution in [-0.2, 0) is 22.4 Å². The number of hydrogen-bond donors (Lipinski definition) is 2. The lowest BCUT2D eigenvalue weighted by molar-refractivity contribution is -0.123. The Kier molecular flexibility index (Phi) is 10.7. The SMILES string of the molecule is COc1ccccc1CC(CC[C@@H](Cc1c[nH]c2ccccc12)NC(=O)CN1CCN(C2CCCCC2)CC1)C(C)=O. The van der Waals surface area contributed by atoms with E-state index < -0.39 is 0 Å². The molecule has 2 heterocycles. The second kappa shape index (κ2) is 14.8. The number of H-pyrrole nitrogens is 1. The van der Waals surface area contributed by atoms with Crippen LogP contribution >= 0.6 is 0 Å². The fourth-order valence-corrected chi connectivity index (χ4v) is 6.99. The van der Waals surface area contributed by atoms with Gasteiger partial charge < -0.3 is 15.0 Å². The van der Waals surface area contributed by atoms with Gasteiger partial charge in [-0.15, -0.1) is 0 Å². The van der Waals surface area contributed by atoms with Crippen molar-refractivity contribution in [2.45, 2.75) is 76.8 Å². The summed E-state index contributed by atoms with van der Waals surface area (Å²) in [6, 6.07) is 16.9. The first-order chi connectivity index (χ1) is 20.5. The van der Waals surface area contributed by atoms with Crippen LogP contribution in [0, 0.1) is 5.92 Å². The number of benzene rings is 2. The average molecular weight is 573 g/mol. The number of hydrogen-bond acceptors (Lipinski definition) is 5. The summed E-state index contributed by atoms with van der Waals surface area (Å²) in [5.74, 6) is 0.941. The minimum Gasteiger partial charge on any atom is -0.496 e. The second-order valence-electron chi connectivity index (χ2n) is 12.3. The summed E-state index contributed by atoms with van der Waals surface area (Å²) in [6.45, 7) is 6.12. The Labute approximate surface area is 251 Å². The number of ether oxygens (including phenoxy) is 1. The van der Waals surface area contributed by atoms with Crippen molar-refractivity contribution < 1.29 is 14.3 Å². The second-order valence-corrected chi connectivity index (χ2v) is 12.3. The smallest absolute Gasteiger partial charge is 0.234 e. The van der Waals surface area contributed by atoms with E-state index in [1.54, 1.807) is 14.0 Å². The van der Waals surface area contributed by atoms with Gasteiger partial charge in [-0.25, -0.2) is 0 Å². The van der Waals surface area contributed by atoms with Crippen LogP contribution in [0.2, 0.25) is 0 Å². The van der Waals surface area contributed by atoms with Crippen molar-refractivity contribution in [3.05, 3.63) is 65.9 Å². The summed E-state index contributed by atoms with van der Waals surface area (Å²) in [5, 5.41) is 4.57. The predicted molar refractivity (Wildman–Crippen MR) is 169 cm³/mol. The molecule has 2 aromatic carbocycles. The Morgan fingerprint density at radius 3 is 2.43 bits per heavy atom. The van der Waals surface area contributed by atoms with Gasteiger partial charge in [0.05, 0.1) is 13.7 Å². The summed E-state index contributed by atoms with van der Waals surface area (Å²) in [4.78, 5) is 34.5. The number of piperazine rings is 1. The standard InChI is InChI=1S/C35H48N4O3/c1-26(40)27(22-28-10-6-9-15-34(28)42-2)16-17-30(23-29-24-36-33-14-8-7-13-32(29)33)37-35(41)25-38-18-20-39(21-19-38)31-11-4-3-5-12-31/h6-10,13-15,24,27,30-31,36H,3-5,11-12,16-23,25H2,1-2H3,(H,37,41)/t27?,30-/m0/s1. The lowest BCUT2D eigenvalue weighted by atomic mass is 9.88. The van der Waals surface area contributed by atoms with Crippen molar-refractivity contribution in [3.63, 3.8) is 0 Å². The summed E-state index contributed by atoms with van der Waals surface area (Å²) in [6.07, 6.45) is 11.6. The molecule has 5 rings (SSSR count). The van der Waals surface area contributed by atoms with Crippen molar-refractivity contribution >= 4 is 22.6 Å². The summed E-state index contributed by atoms with van der Waals surface area (Å²) < 4.78 is 5.55. The van der Waals surface area contributed by atoms with Gasteiger partial charge in [-0.2, -0.15) is 0 Å². The van der Waals surface area contributed by atoms with E-state index in [1.807, 2.05) is 30.3 Å². The van der Waals surface area contributed by atoms with E-state index in [2.05, 4.69) is 44.5 Å². The monoisotopic (exact) mass is 572 g/mol. The molecule has 1 aliphatic carbocycles. The van der Waals surface area contributed by atoms with Gasteiger partial charge in [0.2, 0.25) is 5.91 Å². The first kappa shape index (κ1) is 30.3. The molecule has 1 saturated carbocycles. The molecule has 2 atom stereocenters. The van der Waals surface area contributed by atoms with Crippen LogP contribution in [0.25, 0.3) is 10.9 Å². The fourth-order valence-electron chi connectivity index (χ4n) is 6.99. The highest BCUT2D eigenvalue weighted by atomic mass is 16.5. The van der Waals surface area contributed by atoms with Crippen molar-refractivity contribution in [3.8, 4) is 5.75 Å². The van der Waals surface area contributed by atoms with Gasteiger partial charge in [-0.3, -0.25) is 19.4 Å². The minimum atomic E-state index is -0.128. The molecular weight excluding hydrogens is 524 g/mol. The van der Waals surface area contributed by atoms with E-state index in [-0.39, 0.29) is 23.7 Å². The number of carbonyl (C=O) groups is 2. The maximum atomic E-state index is 13.4. The molecule has 226 valence electrons. The van der Waals surface area contributed by atoms with E-state index in [1.165, 1.54) is 43.1 Å². The average Bonchev–Trinajstić information content (AvgIpc) is 3.42. The van der Waals surface area contributed by atoms with Crippen molar-refractivity contribution in [2.24, 2.45) is 5.92 Å². The zero-order chi connectivity index (χ0) is 29.3. The first-order valence-electron chi connectivity index (χ1n) is 15.9. The topological polar surface area (TPSA) is 77.7 Å². The number of amides is 1. The highest BCUT2D eigenvalue weighted by Gasteiger charge is 2.27. The Morgan fingerprint density at radius 2 is 1.67 bits per heavy atom. The van der Waals surface area contributed by atoms with E-state index in [0.717, 1.165) is 61.9 Å². The number of aromatic amines is 1. The van der Waals surface area contributed by atoms with E-state index in [4.69, 9.17) is 4.74 Å². The highest BCUT2D eigenvalue weighted by Crippen LogP contribution is 2.26. The van der Waals surface area contributed by atoms with Crippen LogP contribution in [0.5, 0.6) is 5.75 Å². The molecule has 7 nitrogen and oxygen atoms in total. The zero-order valence-electron chi connectivity index (χ0n) is 25.4. The third-order valence-electron chi connectivity index (χ3n) is 9.47. The molecular formula is C35H48N4O3. The fraction of sp³-hybridized carbons (Fsp3) is 0.543. The number of para-hydroxylation sites is 2.